The first-order chi connectivity index (χ1) is 20.5. The minimum Gasteiger partial charge on any atom is -0.480 e. The van der Waals surface area contributed by atoms with E-state index in [0.717, 1.165) is 22.6 Å². The number of nitrogens with zero attached hydrogens (tertiary/aromatic N) is 1. The second kappa shape index (κ2) is 13.9. The summed E-state index contributed by atoms with van der Waals surface area (Å²) in [5.41, 5.74) is 3.20. The maximum Gasteiger partial charge on any atom is 0.349 e. The number of carbonyl (C=O) groups excluding carboxylic acids is 1. The van der Waals surface area contributed by atoms with Gasteiger partial charge < -0.3 is 30.9 Å². The van der Waals surface area contributed by atoms with Crippen molar-refractivity contribution in [1.82, 2.24) is 9.62 Å². The van der Waals surface area contributed by atoms with E-state index in [2.05, 4.69) is 16.0 Å². The Kier molecular flexibility index (Phi) is 10.3. The number of nitrogens with one attached hydrogen (secondary N) is 3. The Bertz CT molecular complexity index is 1600. The Labute approximate surface area is 253 Å². The highest BCUT2D eigenvalue weighted by molar-refractivity contribution is 7.88. The summed E-state index contributed by atoms with van der Waals surface area (Å²) >= 11 is 1.02. The predicted octanol–water partition coefficient (Wildman–Crippen LogP) is 4.43. The number of sulfonamides is 1. The van der Waals surface area contributed by atoms with Crippen LogP contribution in [0.3, 0.4) is 0 Å². The Balaban J connectivity index is 1.38. The van der Waals surface area contributed by atoms with Crippen LogP contribution in [0.25, 0.3) is 10.4 Å². The van der Waals surface area contributed by atoms with E-state index >= 15 is 0 Å². The molecule has 0 atom stereocenters. The molecule has 0 aliphatic carbocycles. The normalized spacial score (nSPS) is 14.2. The van der Waals surface area contributed by atoms with Crippen molar-refractivity contribution >= 4 is 50.7 Å². The maximum atomic E-state index is 13.2. The molecule has 5 N–H and O–H groups in total. The molecule has 2 aromatic carbocycles. The molecule has 1 aliphatic rings. The van der Waals surface area contributed by atoms with E-state index in [4.69, 9.17) is 9.84 Å². The van der Waals surface area contributed by atoms with Crippen LogP contribution < -0.4 is 20.7 Å². The van der Waals surface area contributed by atoms with E-state index in [0.29, 0.717) is 54.2 Å². The number of ether oxygens (including phenoxy) is 1. The number of hydrogen-bond donors (Lipinski definition) is 5. The van der Waals surface area contributed by atoms with Gasteiger partial charge in [-0.05, 0) is 62.1 Å². The van der Waals surface area contributed by atoms with Crippen LogP contribution >= 0.6 is 11.3 Å². The molecule has 3 aromatic rings. The molecule has 230 valence electrons. The van der Waals surface area contributed by atoms with Crippen LogP contribution in [0.15, 0.2) is 48.5 Å². The third-order valence-electron chi connectivity index (χ3n) is 6.84. The average molecular weight is 631 g/mol. The van der Waals surface area contributed by atoms with Gasteiger partial charge in [-0.25, -0.2) is 27.1 Å². The molecular formula is C29H34N4O8S2. The number of amides is 2. The van der Waals surface area contributed by atoms with Gasteiger partial charge in [0.05, 0.1) is 5.75 Å². The third-order valence-corrected chi connectivity index (χ3v) is 10.0. The van der Waals surface area contributed by atoms with Gasteiger partial charge in [0.15, 0.2) is 11.5 Å². The van der Waals surface area contributed by atoms with Gasteiger partial charge in [0.2, 0.25) is 10.0 Å². The fourth-order valence-corrected chi connectivity index (χ4v) is 7.50. The minimum atomic E-state index is -3.57. The molecule has 2 amide bonds. The maximum absolute atomic E-state index is 13.2. The van der Waals surface area contributed by atoms with Crippen molar-refractivity contribution in [3.63, 3.8) is 0 Å². The Morgan fingerprint density at radius 3 is 2.42 bits per heavy atom. The van der Waals surface area contributed by atoms with Crippen molar-refractivity contribution < 1.29 is 37.8 Å². The number of carbonyl (C=O) groups is 3. The van der Waals surface area contributed by atoms with Gasteiger partial charge in [0.1, 0.15) is 5.75 Å². The van der Waals surface area contributed by atoms with Crippen LogP contribution in [0.2, 0.25) is 0 Å². The molecule has 1 aromatic heterocycles. The largest absolute Gasteiger partial charge is 0.480 e. The summed E-state index contributed by atoms with van der Waals surface area (Å²) in [5, 5.41) is 27.4. The van der Waals surface area contributed by atoms with Crippen LogP contribution in [0.5, 0.6) is 5.75 Å². The first-order valence-electron chi connectivity index (χ1n) is 13.7. The summed E-state index contributed by atoms with van der Waals surface area (Å²) in [7, 11) is -3.57. The molecule has 0 radical (unpaired) electrons. The molecule has 0 spiro atoms. The molecule has 4 rings (SSSR count). The Morgan fingerprint density at radius 2 is 1.74 bits per heavy atom. The number of benzene rings is 2. The summed E-state index contributed by atoms with van der Waals surface area (Å²) in [6.45, 7) is 4.04. The molecular weight excluding hydrogens is 596 g/mol. The monoisotopic (exact) mass is 630 g/mol. The lowest BCUT2D eigenvalue weighted by Gasteiger charge is -2.32. The van der Waals surface area contributed by atoms with Gasteiger partial charge in [0, 0.05) is 47.5 Å². The topological polar surface area (TPSA) is 174 Å². The van der Waals surface area contributed by atoms with E-state index in [1.165, 1.54) is 4.31 Å². The molecule has 0 saturated carbocycles. The van der Waals surface area contributed by atoms with Crippen molar-refractivity contribution in [2.45, 2.75) is 38.5 Å². The van der Waals surface area contributed by atoms with Gasteiger partial charge in [0.25, 0.3) is 0 Å². The first-order valence-corrected chi connectivity index (χ1v) is 16.1. The number of thiophene rings is 1. The van der Waals surface area contributed by atoms with Crippen molar-refractivity contribution in [2.24, 2.45) is 0 Å². The molecule has 2 heterocycles. The molecule has 43 heavy (non-hydrogen) atoms. The summed E-state index contributed by atoms with van der Waals surface area (Å²) < 4.78 is 33.1. The second-order valence-corrected chi connectivity index (χ2v) is 13.0. The van der Waals surface area contributed by atoms with Crippen LogP contribution in [0.1, 0.15) is 40.6 Å². The fourth-order valence-electron chi connectivity index (χ4n) is 4.86. The number of carboxylic acids is 2. The standard InChI is InChI=1S/C29H34N4O8S2/c1-3-30-29(38)32-22-8-4-6-19(14-22)17-43(39,40)33-12-10-21(11-13-33)31-23-9-5-7-20(15-23)26-18(2)25(41-16-24(34)35)27(42-26)28(36)37/h4-9,14-15,21,31H,3,10-13,16-17H2,1-2H3,(H,34,35)(H,36,37)(H2,30,32,38). The number of piperidine rings is 1. The van der Waals surface area contributed by atoms with Crippen LogP contribution in [-0.4, -0.2) is 73.2 Å². The van der Waals surface area contributed by atoms with Crippen molar-refractivity contribution in [1.29, 1.82) is 0 Å². The van der Waals surface area contributed by atoms with E-state index in [1.54, 1.807) is 38.1 Å². The summed E-state index contributed by atoms with van der Waals surface area (Å²) in [6, 6.07) is 13.9. The second-order valence-electron chi connectivity index (χ2n) is 10.0. The van der Waals surface area contributed by atoms with Gasteiger partial charge >= 0.3 is 18.0 Å². The van der Waals surface area contributed by atoms with Gasteiger partial charge in [-0.1, -0.05) is 24.3 Å². The lowest BCUT2D eigenvalue weighted by molar-refractivity contribution is -0.139. The highest BCUT2D eigenvalue weighted by Crippen LogP contribution is 2.42. The number of carboxylic acid groups (broad SMARTS) is 2. The number of aliphatic carboxylic acids is 1. The van der Waals surface area contributed by atoms with Crippen molar-refractivity contribution in [3.8, 4) is 16.2 Å². The molecule has 1 fully saturated rings. The van der Waals surface area contributed by atoms with Crippen LogP contribution in [0.4, 0.5) is 16.2 Å². The summed E-state index contributed by atoms with van der Waals surface area (Å²) in [5.74, 6) is -2.52. The molecule has 0 bridgehead atoms. The van der Waals surface area contributed by atoms with Gasteiger partial charge in [-0.3, -0.25) is 0 Å². The van der Waals surface area contributed by atoms with E-state index in [1.807, 2.05) is 24.3 Å². The van der Waals surface area contributed by atoms with Crippen LogP contribution in [0, 0.1) is 6.92 Å². The molecule has 1 saturated heterocycles. The minimum absolute atomic E-state index is 0.0276. The van der Waals surface area contributed by atoms with Crippen molar-refractivity contribution in [3.05, 3.63) is 64.5 Å². The zero-order valence-electron chi connectivity index (χ0n) is 23.8. The quantitative estimate of drug-likeness (QED) is 0.194. The summed E-state index contributed by atoms with van der Waals surface area (Å²) in [4.78, 5) is 35.1. The first kappa shape index (κ1) is 31.8. The number of anilines is 2. The van der Waals surface area contributed by atoms with Crippen molar-refractivity contribution in [2.75, 3.05) is 36.9 Å². The summed E-state index contributed by atoms with van der Waals surface area (Å²) in [6.07, 6.45) is 1.19. The SMILES string of the molecule is CCNC(=O)Nc1cccc(CS(=O)(=O)N2CCC(Nc3cccc(-c4sc(C(=O)O)c(OCC(=O)O)c4C)c3)CC2)c1. The molecule has 14 heteroatoms. The van der Waals surface area contributed by atoms with Gasteiger partial charge in [-0.15, -0.1) is 11.3 Å². The Hall–Kier alpha value is -4.14. The molecule has 1 aliphatic heterocycles. The molecule has 0 unspecified atom stereocenters. The highest BCUT2D eigenvalue weighted by atomic mass is 32.2. The van der Waals surface area contributed by atoms with E-state index in [9.17, 15) is 27.9 Å². The fraction of sp³-hybridized carbons (Fsp3) is 0.345. The highest BCUT2D eigenvalue weighted by Gasteiger charge is 2.29. The number of rotatable bonds is 12. The lowest BCUT2D eigenvalue weighted by atomic mass is 10.0. The smallest absolute Gasteiger partial charge is 0.349 e. The Morgan fingerprint density at radius 1 is 1.05 bits per heavy atom. The van der Waals surface area contributed by atoms with Gasteiger partial charge in [-0.2, -0.15) is 0 Å². The van der Waals surface area contributed by atoms with E-state index < -0.39 is 28.6 Å². The number of aromatic carboxylic acids is 1. The number of hydrogen-bond acceptors (Lipinski definition) is 8. The lowest BCUT2D eigenvalue weighted by Crippen LogP contribution is -2.42. The molecule has 12 nitrogen and oxygen atoms in total. The zero-order valence-corrected chi connectivity index (χ0v) is 25.4. The third kappa shape index (κ3) is 8.24. The average Bonchev–Trinajstić information content (AvgIpc) is 3.28. The zero-order chi connectivity index (χ0) is 31.1. The van der Waals surface area contributed by atoms with E-state index in [-0.39, 0.29) is 28.5 Å². The van der Waals surface area contributed by atoms with Crippen LogP contribution in [-0.2, 0) is 20.6 Å². The number of urea groups is 1. The predicted molar refractivity (Wildman–Crippen MR) is 165 cm³/mol.